The van der Waals surface area contributed by atoms with Gasteiger partial charge in [-0.15, -0.1) is 0 Å². The summed E-state index contributed by atoms with van der Waals surface area (Å²) in [4.78, 5) is 35.9. The van der Waals surface area contributed by atoms with Crippen molar-refractivity contribution >= 4 is 19.8 Å². The largest absolute Gasteiger partial charge is 0.472 e. The molecule has 0 amide bonds. The number of phosphoric ester groups is 1. The molecule has 10 heteroatoms. The Morgan fingerprint density at radius 2 is 0.614 bits per heavy atom. The second-order valence-corrected chi connectivity index (χ2v) is 24.5. The molecule has 0 aromatic rings. The molecular weight excluding hydrogens is 1110 g/mol. The highest BCUT2D eigenvalue weighted by atomic mass is 31.2. The minimum Gasteiger partial charge on any atom is -0.462 e. The molecule has 0 aliphatic carbocycles. The topological polar surface area (TPSA) is 108 Å². The molecule has 494 valence electrons. The van der Waals surface area contributed by atoms with Crippen LogP contribution in [0.15, 0.2) is 194 Å². The number of carbonyl (C=O) groups is 2. The maximum Gasteiger partial charge on any atom is 0.472 e. The number of nitrogens with zero attached hydrogens (tertiary/aromatic N) is 1. The molecule has 0 bridgehead atoms. The number of phosphoric acid groups is 1. The molecule has 0 radical (unpaired) electrons. The summed E-state index contributed by atoms with van der Waals surface area (Å²) in [7, 11) is 1.43. The molecule has 9 nitrogen and oxygen atoms in total. The fourth-order valence-electron chi connectivity index (χ4n) is 8.46. The number of carbonyl (C=O) groups excluding carboxylic acids is 2. The van der Waals surface area contributed by atoms with Gasteiger partial charge in [0, 0.05) is 12.8 Å². The fraction of sp³-hybridized carbons (Fsp3) is 0.564. The quantitative estimate of drug-likeness (QED) is 0.0211. The van der Waals surface area contributed by atoms with Gasteiger partial charge in [-0.2, -0.15) is 0 Å². The van der Waals surface area contributed by atoms with Crippen LogP contribution in [0, 0.1) is 0 Å². The Morgan fingerprint density at radius 3 is 0.909 bits per heavy atom. The predicted octanol–water partition coefficient (Wildman–Crippen LogP) is 22.5. The molecule has 0 spiro atoms. The highest BCUT2D eigenvalue weighted by molar-refractivity contribution is 7.47. The van der Waals surface area contributed by atoms with E-state index in [0.29, 0.717) is 23.9 Å². The van der Waals surface area contributed by atoms with Gasteiger partial charge in [-0.3, -0.25) is 18.6 Å². The molecule has 0 saturated heterocycles. The van der Waals surface area contributed by atoms with Crippen molar-refractivity contribution < 1.29 is 42.1 Å². The Balaban J connectivity index is 4.21. The minimum absolute atomic E-state index is 0.0159. The van der Waals surface area contributed by atoms with Crippen LogP contribution in [0.1, 0.15) is 232 Å². The monoisotopic (exact) mass is 1230 g/mol. The van der Waals surface area contributed by atoms with E-state index in [2.05, 4.69) is 208 Å². The Bertz CT molecular complexity index is 2190. The van der Waals surface area contributed by atoms with Gasteiger partial charge >= 0.3 is 19.8 Å². The number of likely N-dealkylation sites (N-methyl/N-ethyl adjacent to an activating group) is 1. The Hall–Kier alpha value is -5.15. The summed E-state index contributed by atoms with van der Waals surface area (Å²) in [5.74, 6) is -0.838. The standard InChI is InChI=1S/C78H124NO8P/c1-6-8-10-12-14-16-18-20-22-24-26-28-30-32-34-36-37-38-39-40-41-43-45-47-49-51-53-55-57-59-61-63-65-67-69-71-78(81)87-76(75-86-88(82,83)85-73-72-79(3,4)5)74-84-77(80)70-68-66-64-62-60-58-56-54-52-50-48-46-44-42-35-33-31-29-27-25-23-21-19-17-15-13-11-9-7-2/h8-11,14-17,20-23,26-29,32-35,37-38,40-41,44-47,50-53,76H,6-7,12-13,18-19,24-25,30-31,36,39,42-43,48-49,54-75H2,1-5H3/p+1/b10-8-,11-9-,16-14-,17-15-,22-20-,23-21-,28-26-,29-27-,34-32-,35-33-,38-37-,41-40-,46-44-,47-45-,52-50-,53-51-. The van der Waals surface area contributed by atoms with Gasteiger partial charge in [0.05, 0.1) is 27.7 Å². The van der Waals surface area contributed by atoms with Crippen molar-refractivity contribution in [1.82, 2.24) is 0 Å². The maximum atomic E-state index is 12.9. The highest BCUT2D eigenvalue weighted by Gasteiger charge is 2.27. The van der Waals surface area contributed by atoms with Crippen LogP contribution >= 0.6 is 7.82 Å². The SMILES string of the molecule is CC/C=C\C/C=C\C/C=C\C/C=C\C/C=C\C/C=C\C/C=C\C/C=C\C/C=C\CCCCCCCCCC(=O)OC(COC(=O)CCCCCCCCC/C=C\C/C=C\C/C=C\C/C=C\C/C=C\C/C=C\C/C=C\CC)COP(=O)(O)OCC[N+](C)(C)C. The van der Waals surface area contributed by atoms with E-state index in [0.717, 1.165) is 161 Å². The van der Waals surface area contributed by atoms with E-state index < -0.39 is 26.5 Å². The zero-order chi connectivity index (χ0) is 64.1. The van der Waals surface area contributed by atoms with Crippen LogP contribution in [0.5, 0.6) is 0 Å². The number of unbranched alkanes of at least 4 members (excludes halogenated alkanes) is 14. The van der Waals surface area contributed by atoms with Gasteiger partial charge < -0.3 is 18.9 Å². The predicted molar refractivity (Wildman–Crippen MR) is 380 cm³/mol. The summed E-state index contributed by atoms with van der Waals surface area (Å²) >= 11 is 0. The number of esters is 2. The smallest absolute Gasteiger partial charge is 0.462 e. The van der Waals surface area contributed by atoms with Crippen molar-refractivity contribution in [2.24, 2.45) is 0 Å². The fourth-order valence-corrected chi connectivity index (χ4v) is 9.20. The summed E-state index contributed by atoms with van der Waals surface area (Å²) in [5, 5.41) is 0. The first-order valence-electron chi connectivity index (χ1n) is 34.2. The third kappa shape index (κ3) is 69.9. The minimum atomic E-state index is -4.41. The Labute approximate surface area is 539 Å². The molecule has 2 unspecified atom stereocenters. The van der Waals surface area contributed by atoms with E-state index in [1.54, 1.807) is 0 Å². The number of hydrogen-bond donors (Lipinski definition) is 1. The molecule has 0 aliphatic heterocycles. The molecule has 88 heavy (non-hydrogen) atoms. The van der Waals surface area contributed by atoms with Crippen LogP contribution in [0.4, 0.5) is 0 Å². The molecule has 1 N–H and O–H groups in total. The third-order valence-corrected chi connectivity index (χ3v) is 14.6. The lowest BCUT2D eigenvalue weighted by Crippen LogP contribution is -2.37. The molecule has 0 saturated carbocycles. The van der Waals surface area contributed by atoms with Crippen LogP contribution in [-0.4, -0.2) is 74.9 Å². The van der Waals surface area contributed by atoms with Crippen LogP contribution in [0.25, 0.3) is 0 Å². The van der Waals surface area contributed by atoms with Crippen LogP contribution < -0.4 is 0 Å². The maximum absolute atomic E-state index is 12.9. The van der Waals surface area contributed by atoms with Crippen molar-refractivity contribution in [1.29, 1.82) is 0 Å². The summed E-state index contributed by atoms with van der Waals surface area (Å²) in [6.45, 7) is 4.15. The normalized spacial score (nSPS) is 14.4. The van der Waals surface area contributed by atoms with E-state index >= 15 is 0 Å². The summed E-state index contributed by atoms with van der Waals surface area (Å²) in [5.41, 5.74) is 0. The van der Waals surface area contributed by atoms with E-state index in [9.17, 15) is 19.0 Å². The second-order valence-electron chi connectivity index (χ2n) is 23.1. The summed E-state index contributed by atoms with van der Waals surface area (Å²) in [6.07, 6.45) is 104. The molecule has 0 heterocycles. The van der Waals surface area contributed by atoms with Crippen molar-refractivity contribution in [2.75, 3.05) is 47.5 Å². The Morgan fingerprint density at radius 1 is 0.352 bits per heavy atom. The van der Waals surface area contributed by atoms with E-state index in [-0.39, 0.29) is 32.0 Å². The van der Waals surface area contributed by atoms with Crippen molar-refractivity contribution in [2.45, 2.75) is 238 Å². The molecule has 0 fully saturated rings. The molecule has 2 atom stereocenters. The molecule has 0 aromatic heterocycles. The Kier molecular flexibility index (Phi) is 62.4. The zero-order valence-corrected chi connectivity index (χ0v) is 57.0. The van der Waals surface area contributed by atoms with Gasteiger partial charge in [0.2, 0.25) is 0 Å². The molecular formula is C78H125NO8P+. The van der Waals surface area contributed by atoms with Gasteiger partial charge in [-0.05, 0) is 141 Å². The second kappa shape index (κ2) is 66.3. The lowest BCUT2D eigenvalue weighted by atomic mass is 10.1. The lowest BCUT2D eigenvalue weighted by Gasteiger charge is -2.24. The van der Waals surface area contributed by atoms with Crippen molar-refractivity contribution in [3.8, 4) is 0 Å². The van der Waals surface area contributed by atoms with Gasteiger partial charge in [-0.1, -0.05) is 272 Å². The van der Waals surface area contributed by atoms with Gasteiger partial charge in [-0.25, -0.2) is 4.57 Å². The number of quaternary nitrogens is 1. The summed E-state index contributed by atoms with van der Waals surface area (Å²) in [6, 6.07) is 0. The van der Waals surface area contributed by atoms with Crippen LogP contribution in [-0.2, 0) is 32.7 Å². The molecule has 0 aliphatic rings. The lowest BCUT2D eigenvalue weighted by molar-refractivity contribution is -0.870. The van der Waals surface area contributed by atoms with Gasteiger partial charge in [0.1, 0.15) is 19.8 Å². The molecule has 0 rings (SSSR count). The number of hydrogen-bond acceptors (Lipinski definition) is 7. The number of ether oxygens (including phenoxy) is 2. The number of rotatable bonds is 60. The van der Waals surface area contributed by atoms with E-state index in [4.69, 9.17) is 18.5 Å². The molecule has 0 aromatic carbocycles. The van der Waals surface area contributed by atoms with Crippen molar-refractivity contribution in [3.63, 3.8) is 0 Å². The van der Waals surface area contributed by atoms with E-state index in [1.165, 1.54) is 32.1 Å². The zero-order valence-electron chi connectivity index (χ0n) is 56.1. The van der Waals surface area contributed by atoms with Gasteiger partial charge in [0.25, 0.3) is 0 Å². The van der Waals surface area contributed by atoms with Crippen molar-refractivity contribution in [3.05, 3.63) is 194 Å². The van der Waals surface area contributed by atoms with E-state index in [1.807, 2.05) is 21.1 Å². The first-order valence-corrected chi connectivity index (χ1v) is 35.7. The number of allylic oxidation sites excluding steroid dienone is 32. The summed E-state index contributed by atoms with van der Waals surface area (Å²) < 4.78 is 34.7. The third-order valence-electron chi connectivity index (χ3n) is 13.6. The average molecular weight is 1240 g/mol. The first kappa shape index (κ1) is 82.8. The van der Waals surface area contributed by atoms with Crippen LogP contribution in [0.2, 0.25) is 0 Å². The van der Waals surface area contributed by atoms with Crippen LogP contribution in [0.3, 0.4) is 0 Å². The highest BCUT2D eigenvalue weighted by Crippen LogP contribution is 2.43. The van der Waals surface area contributed by atoms with Gasteiger partial charge in [0.15, 0.2) is 6.10 Å². The average Bonchev–Trinajstić information content (AvgIpc) is 3.57. The first-order chi connectivity index (χ1) is 43.0.